The van der Waals surface area contributed by atoms with Crippen molar-refractivity contribution in [3.05, 3.63) is 54.1 Å². The van der Waals surface area contributed by atoms with E-state index < -0.39 is 0 Å². The van der Waals surface area contributed by atoms with E-state index in [0.29, 0.717) is 5.75 Å². The van der Waals surface area contributed by atoms with Gasteiger partial charge in [0.05, 0.1) is 0 Å². The molecule has 4 heteroatoms. The van der Waals surface area contributed by atoms with Crippen LogP contribution in [0, 0.1) is 6.92 Å². The maximum absolute atomic E-state index is 9.36. The Bertz CT molecular complexity index is 620. The topological polar surface area (TPSA) is 35.9 Å². The summed E-state index contributed by atoms with van der Waals surface area (Å²) in [6.07, 6.45) is 0. The molecule has 0 atom stereocenters. The molecule has 0 saturated carbocycles. The van der Waals surface area contributed by atoms with Crippen molar-refractivity contribution in [2.45, 2.75) is 6.92 Å². The number of phenols is 1. The van der Waals surface area contributed by atoms with E-state index in [-0.39, 0.29) is 0 Å². The summed E-state index contributed by atoms with van der Waals surface area (Å²) in [6, 6.07) is 15.6. The van der Waals surface area contributed by atoms with Crippen LogP contribution in [0.15, 0.2) is 48.5 Å². The number of nitrogens with zero attached hydrogens (tertiary/aromatic N) is 2. The van der Waals surface area contributed by atoms with E-state index in [2.05, 4.69) is 28.9 Å². The van der Waals surface area contributed by atoms with Crippen LogP contribution < -0.4 is 9.64 Å². The van der Waals surface area contributed by atoms with Gasteiger partial charge in [-0.2, -0.15) is 0 Å². The van der Waals surface area contributed by atoms with Gasteiger partial charge in [0, 0.05) is 38.4 Å². The first-order chi connectivity index (χ1) is 11.2. The smallest absolute Gasteiger partial charge is 0.119 e. The van der Waals surface area contributed by atoms with E-state index >= 15 is 0 Å². The van der Waals surface area contributed by atoms with Gasteiger partial charge in [0.15, 0.2) is 0 Å². The van der Waals surface area contributed by atoms with Crippen LogP contribution in [-0.2, 0) is 0 Å². The molecular formula is C19H24N2O2. The summed E-state index contributed by atoms with van der Waals surface area (Å²) in [4.78, 5) is 4.80. The van der Waals surface area contributed by atoms with Crippen LogP contribution in [0.2, 0.25) is 0 Å². The second-order valence-corrected chi connectivity index (χ2v) is 6.01. The number of aromatic hydroxyl groups is 1. The van der Waals surface area contributed by atoms with Crippen LogP contribution in [0.1, 0.15) is 5.56 Å². The van der Waals surface area contributed by atoms with E-state index in [1.807, 2.05) is 24.3 Å². The number of anilines is 1. The summed E-state index contributed by atoms with van der Waals surface area (Å²) < 4.78 is 5.83. The predicted octanol–water partition coefficient (Wildman–Crippen LogP) is 2.90. The average Bonchev–Trinajstić information content (AvgIpc) is 2.56. The minimum atomic E-state index is 0.320. The van der Waals surface area contributed by atoms with Crippen molar-refractivity contribution >= 4 is 5.69 Å². The van der Waals surface area contributed by atoms with Crippen LogP contribution in [0.25, 0.3) is 0 Å². The number of rotatable bonds is 5. The van der Waals surface area contributed by atoms with E-state index in [1.54, 1.807) is 12.1 Å². The van der Waals surface area contributed by atoms with Crippen molar-refractivity contribution in [3.63, 3.8) is 0 Å². The summed E-state index contributed by atoms with van der Waals surface area (Å²) in [7, 11) is 0. The Balaban J connectivity index is 1.41. The Hall–Kier alpha value is -2.20. The van der Waals surface area contributed by atoms with Gasteiger partial charge in [-0.05, 0) is 48.9 Å². The zero-order chi connectivity index (χ0) is 16.1. The summed E-state index contributed by atoms with van der Waals surface area (Å²) in [5.74, 6) is 1.27. The molecule has 0 aliphatic carbocycles. The van der Waals surface area contributed by atoms with Crippen LogP contribution in [0.4, 0.5) is 5.69 Å². The molecule has 0 aromatic heterocycles. The first-order valence-corrected chi connectivity index (χ1v) is 8.16. The highest BCUT2D eigenvalue weighted by atomic mass is 16.5. The highest BCUT2D eigenvalue weighted by Crippen LogP contribution is 2.19. The molecule has 2 aromatic carbocycles. The lowest BCUT2D eigenvalue weighted by atomic mass is 10.2. The Morgan fingerprint density at radius 1 is 1.00 bits per heavy atom. The summed E-state index contributed by atoms with van der Waals surface area (Å²) >= 11 is 0. The van der Waals surface area contributed by atoms with E-state index in [9.17, 15) is 5.11 Å². The maximum atomic E-state index is 9.36. The lowest BCUT2D eigenvalue weighted by molar-refractivity contribution is 0.200. The second-order valence-electron chi connectivity index (χ2n) is 6.01. The highest BCUT2D eigenvalue weighted by Gasteiger charge is 2.16. The minimum absolute atomic E-state index is 0.320. The molecule has 1 fully saturated rings. The summed E-state index contributed by atoms with van der Waals surface area (Å²) in [5.41, 5.74) is 2.41. The van der Waals surface area contributed by atoms with E-state index in [0.717, 1.165) is 45.1 Å². The largest absolute Gasteiger partial charge is 0.508 e. The third kappa shape index (κ3) is 4.39. The van der Waals surface area contributed by atoms with Gasteiger partial charge >= 0.3 is 0 Å². The third-order valence-corrected chi connectivity index (χ3v) is 4.25. The second kappa shape index (κ2) is 7.38. The number of hydrogen-bond donors (Lipinski definition) is 1. The summed E-state index contributed by atoms with van der Waals surface area (Å²) in [6.45, 7) is 7.86. The van der Waals surface area contributed by atoms with Gasteiger partial charge in [0.25, 0.3) is 0 Å². The monoisotopic (exact) mass is 312 g/mol. The normalized spacial score (nSPS) is 15.6. The number of aryl methyl sites for hydroxylation is 1. The predicted molar refractivity (Wildman–Crippen MR) is 93.4 cm³/mol. The fourth-order valence-corrected chi connectivity index (χ4v) is 2.89. The van der Waals surface area contributed by atoms with Crippen molar-refractivity contribution in [1.82, 2.24) is 4.90 Å². The van der Waals surface area contributed by atoms with Crippen LogP contribution in [-0.4, -0.2) is 49.3 Å². The fourth-order valence-electron chi connectivity index (χ4n) is 2.89. The zero-order valence-electron chi connectivity index (χ0n) is 13.6. The molecule has 0 amide bonds. The van der Waals surface area contributed by atoms with Crippen molar-refractivity contribution < 1.29 is 9.84 Å². The van der Waals surface area contributed by atoms with Crippen LogP contribution in [0.3, 0.4) is 0 Å². The SMILES string of the molecule is Cc1cccc(OCCN2CCN(c3ccc(O)cc3)CC2)c1. The van der Waals surface area contributed by atoms with Crippen molar-refractivity contribution in [2.24, 2.45) is 0 Å². The first kappa shape index (κ1) is 15.7. The van der Waals surface area contributed by atoms with Gasteiger partial charge in [-0.25, -0.2) is 0 Å². The molecule has 23 heavy (non-hydrogen) atoms. The van der Waals surface area contributed by atoms with Gasteiger partial charge in [0.1, 0.15) is 18.1 Å². The number of phenolic OH excluding ortho intramolecular Hbond substituents is 1. The zero-order valence-corrected chi connectivity index (χ0v) is 13.6. The van der Waals surface area contributed by atoms with E-state index in [1.165, 1.54) is 11.3 Å². The molecule has 0 unspecified atom stereocenters. The molecule has 1 aliphatic heterocycles. The number of benzene rings is 2. The number of hydrogen-bond acceptors (Lipinski definition) is 4. The Kier molecular flexibility index (Phi) is 5.03. The molecule has 0 radical (unpaired) electrons. The fraction of sp³-hybridized carbons (Fsp3) is 0.368. The number of ether oxygens (including phenoxy) is 1. The first-order valence-electron chi connectivity index (χ1n) is 8.16. The van der Waals surface area contributed by atoms with Crippen LogP contribution in [0.5, 0.6) is 11.5 Å². The maximum Gasteiger partial charge on any atom is 0.119 e. The molecule has 3 rings (SSSR count). The molecule has 1 heterocycles. The van der Waals surface area contributed by atoms with Gasteiger partial charge in [0.2, 0.25) is 0 Å². The Morgan fingerprint density at radius 2 is 1.74 bits per heavy atom. The molecule has 0 spiro atoms. The molecule has 1 N–H and O–H groups in total. The van der Waals surface area contributed by atoms with Gasteiger partial charge in [-0.1, -0.05) is 12.1 Å². The van der Waals surface area contributed by atoms with Gasteiger partial charge in [-0.3, -0.25) is 4.90 Å². The highest BCUT2D eigenvalue weighted by molar-refractivity contribution is 5.49. The van der Waals surface area contributed by atoms with Gasteiger partial charge < -0.3 is 14.7 Å². The molecule has 1 aliphatic rings. The Labute approximate surface area is 137 Å². The molecular weight excluding hydrogens is 288 g/mol. The van der Waals surface area contributed by atoms with Crippen molar-refractivity contribution in [1.29, 1.82) is 0 Å². The van der Waals surface area contributed by atoms with Crippen molar-refractivity contribution in [2.75, 3.05) is 44.2 Å². The molecule has 4 nitrogen and oxygen atoms in total. The lowest BCUT2D eigenvalue weighted by Crippen LogP contribution is -2.47. The van der Waals surface area contributed by atoms with E-state index in [4.69, 9.17) is 4.74 Å². The minimum Gasteiger partial charge on any atom is -0.508 e. The average molecular weight is 312 g/mol. The van der Waals surface area contributed by atoms with Crippen LogP contribution >= 0.6 is 0 Å². The molecule has 1 saturated heterocycles. The number of piperazine rings is 1. The summed E-state index contributed by atoms with van der Waals surface area (Å²) in [5, 5.41) is 9.36. The van der Waals surface area contributed by atoms with Crippen molar-refractivity contribution in [3.8, 4) is 11.5 Å². The van der Waals surface area contributed by atoms with Gasteiger partial charge in [-0.15, -0.1) is 0 Å². The quantitative estimate of drug-likeness (QED) is 0.921. The standard InChI is InChI=1S/C19H24N2O2/c1-16-3-2-4-19(15-16)23-14-13-20-9-11-21(12-10-20)17-5-7-18(22)8-6-17/h2-8,15,22H,9-14H2,1H3. The molecule has 0 bridgehead atoms. The molecule has 2 aromatic rings. The Morgan fingerprint density at radius 3 is 2.43 bits per heavy atom. The lowest BCUT2D eigenvalue weighted by Gasteiger charge is -2.36. The third-order valence-electron chi connectivity index (χ3n) is 4.25. The molecule has 122 valence electrons.